The van der Waals surface area contributed by atoms with Crippen LogP contribution in [0.25, 0.3) is 6.08 Å². The van der Waals surface area contributed by atoms with E-state index in [1.54, 1.807) is 18.2 Å². The minimum absolute atomic E-state index is 0.236. The first-order chi connectivity index (χ1) is 16.2. The summed E-state index contributed by atoms with van der Waals surface area (Å²) in [7, 11) is 3.70. The number of rotatable bonds is 5. The Morgan fingerprint density at radius 3 is 2.09 bits per heavy atom. The van der Waals surface area contributed by atoms with Gasteiger partial charge in [-0.05, 0) is 37.6 Å². The second-order valence-electron chi connectivity index (χ2n) is 7.90. The van der Waals surface area contributed by atoms with Crippen molar-refractivity contribution in [3.8, 4) is 12.1 Å². The standard InChI is InChI=1S/C25H21F6N3O/c1-16(14-32)22-20(15-33)21(23(2,35-22)25(29,30)31)13-18(24(26,27)28)8-6-5-7-17-9-11-19(12-10-17)34(3)4/h5-13H,1-4H3/b7-5+,8-6+,18-13-,22-16+. The fourth-order valence-electron chi connectivity index (χ4n) is 3.11. The molecule has 0 N–H and O–H groups in total. The molecule has 0 saturated heterocycles. The number of ether oxygens (including phenoxy) is 1. The highest BCUT2D eigenvalue weighted by atomic mass is 19.4. The SMILES string of the molecule is C/C(C#N)=C1\OC(C)(C(F)(F)F)C(/C=C(/C=C/C=C/c2ccc(N(C)C)cc2)C(F)(F)F)=C1C#N. The average molecular weight is 493 g/mol. The Labute approximate surface area is 199 Å². The third-order valence-corrected chi connectivity index (χ3v) is 5.19. The van der Waals surface area contributed by atoms with E-state index in [0.29, 0.717) is 18.6 Å². The maximum absolute atomic E-state index is 13.8. The van der Waals surface area contributed by atoms with Crippen LogP contribution in [-0.4, -0.2) is 32.0 Å². The predicted molar refractivity (Wildman–Crippen MR) is 120 cm³/mol. The number of allylic oxidation sites excluding steroid dienone is 6. The summed E-state index contributed by atoms with van der Waals surface area (Å²) in [5.74, 6) is -0.701. The molecule has 0 aromatic heterocycles. The van der Waals surface area contributed by atoms with Gasteiger partial charge in [0.2, 0.25) is 5.60 Å². The molecule has 10 heteroatoms. The summed E-state index contributed by atoms with van der Waals surface area (Å²) < 4.78 is 87.5. The van der Waals surface area contributed by atoms with E-state index in [0.717, 1.165) is 18.7 Å². The Hall–Kier alpha value is -3.92. The maximum atomic E-state index is 13.8. The lowest BCUT2D eigenvalue weighted by Crippen LogP contribution is -2.43. The first-order valence-corrected chi connectivity index (χ1v) is 10.1. The van der Waals surface area contributed by atoms with Crippen LogP contribution in [0.3, 0.4) is 0 Å². The number of hydrogen-bond donors (Lipinski definition) is 0. The molecule has 1 heterocycles. The van der Waals surface area contributed by atoms with Crippen LogP contribution >= 0.6 is 0 Å². The summed E-state index contributed by atoms with van der Waals surface area (Å²) in [5, 5.41) is 18.5. The third-order valence-electron chi connectivity index (χ3n) is 5.19. The van der Waals surface area contributed by atoms with Crippen molar-refractivity contribution in [2.24, 2.45) is 0 Å². The predicted octanol–water partition coefficient (Wildman–Crippen LogP) is 6.78. The molecule has 35 heavy (non-hydrogen) atoms. The fraction of sp³-hybridized carbons (Fsp3) is 0.280. The summed E-state index contributed by atoms with van der Waals surface area (Å²) >= 11 is 0. The Kier molecular flexibility index (Phi) is 7.92. The summed E-state index contributed by atoms with van der Waals surface area (Å²) in [5.41, 5.74) is -5.24. The van der Waals surface area contributed by atoms with Gasteiger partial charge in [-0.2, -0.15) is 36.9 Å². The summed E-state index contributed by atoms with van der Waals surface area (Å²) in [6.07, 6.45) is -5.50. The summed E-state index contributed by atoms with van der Waals surface area (Å²) in [6, 6.07) is 10.1. The molecule has 2 rings (SSSR count). The molecule has 1 aliphatic heterocycles. The van der Waals surface area contributed by atoms with Gasteiger partial charge >= 0.3 is 12.4 Å². The largest absolute Gasteiger partial charge is 0.471 e. The van der Waals surface area contributed by atoms with E-state index in [4.69, 9.17) is 10.00 Å². The Morgan fingerprint density at radius 1 is 1.03 bits per heavy atom. The molecule has 0 aliphatic carbocycles. The number of nitriles is 2. The third kappa shape index (κ3) is 5.96. The van der Waals surface area contributed by atoms with Gasteiger partial charge in [-0.3, -0.25) is 0 Å². The van der Waals surface area contributed by atoms with Crippen molar-refractivity contribution in [3.63, 3.8) is 0 Å². The molecule has 1 aromatic carbocycles. The van der Waals surface area contributed by atoms with E-state index in [-0.39, 0.29) is 11.6 Å². The highest BCUT2D eigenvalue weighted by Crippen LogP contribution is 2.50. The molecule has 4 nitrogen and oxygen atoms in total. The summed E-state index contributed by atoms with van der Waals surface area (Å²) in [6.45, 7) is 1.62. The van der Waals surface area contributed by atoms with Crippen LogP contribution < -0.4 is 4.90 Å². The minimum Gasteiger partial charge on any atom is -0.471 e. The number of anilines is 1. The molecular formula is C25H21F6N3O. The Morgan fingerprint density at radius 2 is 1.63 bits per heavy atom. The molecule has 0 bridgehead atoms. The minimum atomic E-state index is -5.17. The van der Waals surface area contributed by atoms with E-state index in [1.165, 1.54) is 18.2 Å². The van der Waals surface area contributed by atoms with E-state index in [1.807, 2.05) is 31.1 Å². The zero-order valence-corrected chi connectivity index (χ0v) is 19.2. The molecule has 1 aromatic rings. The lowest BCUT2D eigenvalue weighted by atomic mass is 9.90. The van der Waals surface area contributed by atoms with Crippen molar-refractivity contribution >= 4 is 11.8 Å². The highest BCUT2D eigenvalue weighted by molar-refractivity contribution is 5.60. The Balaban J connectivity index is 2.56. The van der Waals surface area contributed by atoms with Gasteiger partial charge in [0, 0.05) is 25.4 Å². The summed E-state index contributed by atoms with van der Waals surface area (Å²) in [4.78, 5) is 1.87. The van der Waals surface area contributed by atoms with Crippen molar-refractivity contribution in [1.82, 2.24) is 0 Å². The van der Waals surface area contributed by atoms with Crippen molar-refractivity contribution in [1.29, 1.82) is 10.5 Å². The molecule has 0 fully saturated rings. The van der Waals surface area contributed by atoms with Gasteiger partial charge in [0.05, 0.1) is 17.2 Å². The van der Waals surface area contributed by atoms with Crippen LogP contribution in [0.1, 0.15) is 19.4 Å². The lowest BCUT2D eigenvalue weighted by molar-refractivity contribution is -0.236. The molecule has 0 spiro atoms. The quantitative estimate of drug-likeness (QED) is 0.258. The zero-order valence-electron chi connectivity index (χ0n) is 19.2. The zero-order chi connectivity index (χ0) is 26.6. The van der Waals surface area contributed by atoms with Crippen LogP contribution in [-0.2, 0) is 4.74 Å². The van der Waals surface area contributed by atoms with Crippen LogP contribution in [0.15, 0.2) is 76.6 Å². The van der Waals surface area contributed by atoms with Gasteiger partial charge in [0.15, 0.2) is 5.76 Å². The van der Waals surface area contributed by atoms with Gasteiger partial charge in [-0.25, -0.2) is 0 Å². The molecule has 0 amide bonds. The Bertz CT molecular complexity index is 1200. The molecule has 0 radical (unpaired) electrons. The van der Waals surface area contributed by atoms with E-state index >= 15 is 0 Å². The van der Waals surface area contributed by atoms with Crippen LogP contribution in [0.4, 0.5) is 32.0 Å². The fourth-order valence-corrected chi connectivity index (χ4v) is 3.11. The van der Waals surface area contributed by atoms with Crippen molar-refractivity contribution in [3.05, 3.63) is 82.2 Å². The normalized spacial score (nSPS) is 20.7. The second-order valence-corrected chi connectivity index (χ2v) is 7.90. The molecule has 1 aliphatic rings. The molecule has 1 unspecified atom stereocenters. The molecule has 0 saturated carbocycles. The average Bonchev–Trinajstić information content (AvgIpc) is 3.07. The number of hydrogen-bond acceptors (Lipinski definition) is 4. The van der Waals surface area contributed by atoms with Crippen LogP contribution in [0, 0.1) is 22.7 Å². The van der Waals surface area contributed by atoms with Crippen LogP contribution in [0.2, 0.25) is 0 Å². The molecular weight excluding hydrogens is 472 g/mol. The molecule has 184 valence electrons. The second kappa shape index (κ2) is 10.1. The number of nitrogens with zero attached hydrogens (tertiary/aromatic N) is 3. The van der Waals surface area contributed by atoms with Crippen molar-refractivity contribution in [2.45, 2.75) is 31.8 Å². The van der Waals surface area contributed by atoms with Crippen molar-refractivity contribution < 1.29 is 31.1 Å². The highest BCUT2D eigenvalue weighted by Gasteiger charge is 2.61. The number of benzene rings is 1. The van der Waals surface area contributed by atoms with Gasteiger partial charge in [-0.1, -0.05) is 36.4 Å². The van der Waals surface area contributed by atoms with Gasteiger partial charge in [-0.15, -0.1) is 0 Å². The first kappa shape index (κ1) is 27.3. The number of halogens is 6. The van der Waals surface area contributed by atoms with Gasteiger partial charge in [0.25, 0.3) is 0 Å². The van der Waals surface area contributed by atoms with E-state index < -0.39 is 40.4 Å². The smallest absolute Gasteiger partial charge is 0.432 e. The van der Waals surface area contributed by atoms with Gasteiger partial charge in [0.1, 0.15) is 11.6 Å². The number of alkyl halides is 6. The topological polar surface area (TPSA) is 60.0 Å². The monoisotopic (exact) mass is 493 g/mol. The van der Waals surface area contributed by atoms with Crippen molar-refractivity contribution in [2.75, 3.05) is 19.0 Å². The van der Waals surface area contributed by atoms with E-state index in [2.05, 4.69) is 0 Å². The lowest BCUT2D eigenvalue weighted by Gasteiger charge is -2.29. The maximum Gasteiger partial charge on any atom is 0.432 e. The van der Waals surface area contributed by atoms with E-state index in [9.17, 15) is 31.6 Å². The first-order valence-electron chi connectivity index (χ1n) is 10.1. The van der Waals surface area contributed by atoms with Gasteiger partial charge < -0.3 is 9.64 Å². The van der Waals surface area contributed by atoms with Crippen LogP contribution in [0.5, 0.6) is 0 Å². The molecule has 1 atom stereocenters.